The molecule has 0 saturated heterocycles. The van der Waals surface area contributed by atoms with E-state index in [2.05, 4.69) is 498 Å². The zero-order chi connectivity index (χ0) is 93.8. The predicted molar refractivity (Wildman–Crippen MR) is 601 cm³/mol. The van der Waals surface area contributed by atoms with Gasteiger partial charge in [0.15, 0.2) is 0 Å². The molecule has 0 amide bonds. The van der Waals surface area contributed by atoms with Crippen molar-refractivity contribution in [3.63, 3.8) is 0 Å². The Morgan fingerprint density at radius 1 is 0.177 bits per heavy atom. The van der Waals surface area contributed by atoms with E-state index < -0.39 is 0 Å². The molecule has 0 bridgehead atoms. The first kappa shape index (κ1) is 82.5. The molecule has 21 aromatic carbocycles. The van der Waals surface area contributed by atoms with E-state index >= 15 is 0 Å². The highest BCUT2D eigenvalue weighted by molar-refractivity contribution is 7.26. The summed E-state index contributed by atoms with van der Waals surface area (Å²) in [5.74, 6) is 0. The van der Waals surface area contributed by atoms with Crippen LogP contribution in [0.5, 0.6) is 0 Å². The van der Waals surface area contributed by atoms with Gasteiger partial charge in [-0.05, 0) is 237 Å². The second-order valence-electron chi connectivity index (χ2n) is 40.0. The molecule has 6 heteroatoms. The molecular weight excluding hydrogens is 1740 g/mol. The van der Waals surface area contributed by atoms with Crippen molar-refractivity contribution in [3.05, 3.63) is 488 Å². The summed E-state index contributed by atoms with van der Waals surface area (Å²) in [6.07, 6.45) is 0. The van der Waals surface area contributed by atoms with Gasteiger partial charge in [0, 0.05) is 122 Å². The molecule has 0 atom stereocenters. The summed E-state index contributed by atoms with van der Waals surface area (Å²) in [4.78, 5) is 0. The fraction of sp³-hybridized carbons (Fsp3) is 0.0667. The van der Waals surface area contributed by atoms with Crippen LogP contribution in [0.2, 0.25) is 0 Å². The van der Waals surface area contributed by atoms with Gasteiger partial charge in [-0.3, -0.25) is 0 Å². The predicted octanol–water partition coefficient (Wildman–Crippen LogP) is 37.9. The van der Waals surface area contributed by atoms with Crippen LogP contribution in [0.1, 0.15) is 74.9 Å². The van der Waals surface area contributed by atoms with Crippen LogP contribution in [0, 0.1) is 0 Å². The second kappa shape index (κ2) is 31.7. The van der Waals surface area contributed by atoms with Gasteiger partial charge in [0.2, 0.25) is 0 Å². The van der Waals surface area contributed by atoms with Crippen molar-refractivity contribution in [1.29, 1.82) is 0 Å². The Morgan fingerprint density at radius 2 is 0.504 bits per heavy atom. The van der Waals surface area contributed by atoms with Gasteiger partial charge in [0.25, 0.3) is 0 Å². The van der Waals surface area contributed by atoms with Crippen LogP contribution in [0.25, 0.3) is 245 Å². The Bertz CT molecular complexity index is 9890. The maximum absolute atomic E-state index is 6.34. The minimum atomic E-state index is -0.0741. The van der Waals surface area contributed by atoms with Crippen molar-refractivity contribution >= 4 is 150 Å². The van der Waals surface area contributed by atoms with Gasteiger partial charge in [0.1, 0.15) is 11.2 Å². The van der Waals surface area contributed by atoms with Crippen molar-refractivity contribution in [2.75, 3.05) is 0 Å². The number of aromatic nitrogens is 3. The summed E-state index contributed by atoms with van der Waals surface area (Å²) in [6.45, 7) is 14.2. The minimum absolute atomic E-state index is 0.0578. The number of para-hydroxylation sites is 3. The molecule has 0 unspecified atom stereocenters. The normalized spacial score (nSPS) is 13.5. The molecule has 3 aliphatic rings. The van der Waals surface area contributed by atoms with E-state index in [9.17, 15) is 0 Å². The van der Waals surface area contributed by atoms with Crippen LogP contribution >= 0.6 is 22.7 Å². The number of thiophene rings is 2. The van der Waals surface area contributed by atoms with E-state index in [4.69, 9.17) is 4.42 Å². The van der Waals surface area contributed by atoms with Crippen LogP contribution in [-0.2, 0) is 16.2 Å². The lowest BCUT2D eigenvalue weighted by Gasteiger charge is -2.21. The monoisotopic (exact) mass is 1840 g/mol. The second-order valence-corrected chi connectivity index (χ2v) is 42.1. The Balaban J connectivity index is 0.000000104. The molecule has 0 N–H and O–H groups in total. The summed E-state index contributed by atoms with van der Waals surface area (Å²) in [7, 11) is 0. The van der Waals surface area contributed by atoms with Gasteiger partial charge < -0.3 is 18.1 Å². The van der Waals surface area contributed by atoms with Gasteiger partial charge in [-0.15, -0.1) is 22.7 Å². The number of nitrogens with zero attached hydrogens (tertiary/aromatic N) is 3. The fourth-order valence-electron chi connectivity index (χ4n) is 24.2. The van der Waals surface area contributed by atoms with Crippen LogP contribution in [0.15, 0.2) is 459 Å². The van der Waals surface area contributed by atoms with Gasteiger partial charge >= 0.3 is 0 Å². The number of benzene rings is 21. The molecular formula is C135H93N3OS2. The van der Waals surface area contributed by atoms with E-state index in [0.29, 0.717) is 0 Å². The molecule has 666 valence electrons. The highest BCUT2D eigenvalue weighted by atomic mass is 32.1. The third-order valence-electron chi connectivity index (χ3n) is 31.2. The lowest BCUT2D eigenvalue weighted by Crippen LogP contribution is -2.14. The topological polar surface area (TPSA) is 27.9 Å². The van der Waals surface area contributed by atoms with Crippen molar-refractivity contribution in [2.24, 2.45) is 0 Å². The largest absolute Gasteiger partial charge is 0.455 e. The molecule has 30 rings (SSSR count). The van der Waals surface area contributed by atoms with Crippen LogP contribution in [0.4, 0.5) is 0 Å². The van der Waals surface area contributed by atoms with Gasteiger partial charge in [-0.2, -0.15) is 0 Å². The summed E-state index contributed by atoms with van der Waals surface area (Å²) in [6, 6.07) is 168. The number of fused-ring (bicyclic) bond motifs is 27. The van der Waals surface area contributed by atoms with E-state index in [0.717, 1.165) is 38.8 Å². The van der Waals surface area contributed by atoms with Gasteiger partial charge in [-0.1, -0.05) is 387 Å². The Hall–Kier alpha value is -16.7. The lowest BCUT2D eigenvalue weighted by atomic mass is 9.82. The quantitative estimate of drug-likeness (QED) is 0.142. The third-order valence-corrected chi connectivity index (χ3v) is 33.7. The average Bonchev–Trinajstić information content (AvgIpc) is 1.55. The number of rotatable bonds is 9. The summed E-state index contributed by atoms with van der Waals surface area (Å²) in [5.41, 5.74) is 43.8. The molecule has 3 aliphatic carbocycles. The first-order valence-corrected chi connectivity index (χ1v) is 50.7. The molecule has 141 heavy (non-hydrogen) atoms. The summed E-state index contributed by atoms with van der Waals surface area (Å²) in [5, 5.41) is 15.4. The van der Waals surface area contributed by atoms with E-state index in [1.165, 1.54) is 240 Å². The molecule has 0 saturated carbocycles. The van der Waals surface area contributed by atoms with Crippen molar-refractivity contribution in [2.45, 2.75) is 57.8 Å². The molecule has 0 spiro atoms. The zero-order valence-electron chi connectivity index (χ0n) is 78.9. The number of hydrogen-bond donors (Lipinski definition) is 0. The van der Waals surface area contributed by atoms with Crippen LogP contribution < -0.4 is 0 Å². The smallest absolute Gasteiger partial charge is 0.143 e. The highest BCUT2D eigenvalue weighted by Gasteiger charge is 2.40. The molecule has 6 aromatic heterocycles. The summed E-state index contributed by atoms with van der Waals surface area (Å²) >= 11 is 3.78. The minimum Gasteiger partial charge on any atom is -0.455 e. The van der Waals surface area contributed by atoms with Crippen LogP contribution in [-0.4, -0.2) is 13.7 Å². The fourth-order valence-corrected chi connectivity index (χ4v) is 26.7. The number of furan rings is 1. The standard InChI is InChI=1S/C45H31NO.2C45H31NS/c1-45(2)39-18-6-3-13-33(39)37-26-38-34-14-4-7-19-41(34)46(42(38)27-40(37)45)31-12-9-11-30(25-31)28-21-23-29(24-22-28)32-16-10-17-36-35-15-5-8-20-43(35)47-44(32)36;1-45(2)39-20-8-6-16-33(39)37-26-38-34-23-22-29(28-12-4-3-5-13-28)25-41(34)46(42(38)27-40(37)45)31-15-10-14-30(24-31)32-18-11-19-36-35-17-7-9-21-43(35)47-44(32)36;1-45(2)39-17-8-6-13-33(39)37-26-38-34-24-21-30(28-11-4-3-5-12-28)25-41(34)46(42(38)27-40(37)45)31-22-19-29(20-23-31)32-15-10-16-36-35-14-7-9-18-43(35)47-44(32)36/h3*3-27H,1-2H3. The van der Waals surface area contributed by atoms with Gasteiger partial charge in [-0.25, -0.2) is 0 Å². The molecule has 0 aliphatic heterocycles. The Labute approximate surface area is 825 Å². The molecule has 27 aromatic rings. The van der Waals surface area contributed by atoms with E-state index in [1.54, 1.807) is 0 Å². The molecule has 0 fully saturated rings. The lowest BCUT2D eigenvalue weighted by molar-refractivity contribution is 0.661. The van der Waals surface area contributed by atoms with Crippen molar-refractivity contribution in [1.82, 2.24) is 13.7 Å². The summed E-state index contributed by atoms with van der Waals surface area (Å²) < 4.78 is 19.1. The van der Waals surface area contributed by atoms with Crippen LogP contribution in [0.3, 0.4) is 0 Å². The maximum atomic E-state index is 6.34. The SMILES string of the molecule is CC1(C)c2ccccc2-c2cc3c4ccc(-c5ccccc5)cc4n(-c4ccc(-c5cccc6c5sc5ccccc56)cc4)c3cc21.CC1(C)c2ccccc2-c2cc3c4ccc(-c5ccccc5)cc4n(-c4cccc(-c5cccc6c5sc5ccccc56)c4)c3cc21.CC1(C)c2ccccc2-c2cc3c4ccccc4n(-c4cccc(-c5ccc(-c6cccc7c6oc6ccccc67)cc5)c4)c3cc21. The van der Waals surface area contributed by atoms with Gasteiger partial charge in [0.05, 0.1) is 33.1 Å². The Kier molecular flexibility index (Phi) is 18.5. The molecule has 4 nitrogen and oxygen atoms in total. The zero-order valence-corrected chi connectivity index (χ0v) is 80.5. The maximum Gasteiger partial charge on any atom is 0.143 e. The van der Waals surface area contributed by atoms with Crippen molar-refractivity contribution < 1.29 is 4.42 Å². The van der Waals surface area contributed by atoms with E-state index in [-0.39, 0.29) is 16.2 Å². The Morgan fingerprint density at radius 3 is 1.02 bits per heavy atom. The molecule has 6 heterocycles. The number of hydrogen-bond acceptors (Lipinski definition) is 3. The third kappa shape index (κ3) is 12.8. The first-order valence-electron chi connectivity index (χ1n) is 49.1. The molecule has 0 radical (unpaired) electrons. The first-order chi connectivity index (χ1) is 69.2. The van der Waals surface area contributed by atoms with Crippen molar-refractivity contribution in [3.8, 4) is 117 Å². The van der Waals surface area contributed by atoms with E-state index in [1.807, 2.05) is 34.8 Å². The highest BCUT2D eigenvalue weighted by Crippen LogP contribution is 2.57. The average molecular weight is 1840 g/mol.